The van der Waals surface area contributed by atoms with Crippen LogP contribution in [0.15, 0.2) is 60.0 Å². The number of aromatic nitrogens is 1. The van der Waals surface area contributed by atoms with Gasteiger partial charge in [-0.1, -0.05) is 18.2 Å². The summed E-state index contributed by atoms with van der Waals surface area (Å²) in [6.45, 7) is 1.44. The lowest BCUT2D eigenvalue weighted by Gasteiger charge is -2.06. The highest BCUT2D eigenvalue weighted by Crippen LogP contribution is 2.18. The molecule has 0 fully saturated rings. The fourth-order valence-corrected chi connectivity index (χ4v) is 3.31. The number of aryl methyl sites for hydroxylation is 1. The van der Waals surface area contributed by atoms with E-state index in [1.165, 1.54) is 18.3 Å². The zero-order valence-electron chi connectivity index (χ0n) is 16.3. The number of carbonyl (C=O) groups excluding carboxylic acids is 3. The Kier molecular flexibility index (Phi) is 7.12. The molecule has 30 heavy (non-hydrogen) atoms. The topological polar surface area (TPSA) is 112 Å². The normalized spacial score (nSPS) is 10.2. The molecule has 3 rings (SSSR count). The molecule has 0 spiro atoms. The highest BCUT2D eigenvalue weighted by atomic mass is 32.1. The number of carbonyl (C=O) groups is 3. The molecule has 9 heteroatoms. The first-order valence-electron chi connectivity index (χ1n) is 9.23. The zero-order valence-corrected chi connectivity index (χ0v) is 17.1. The van der Waals surface area contributed by atoms with Crippen molar-refractivity contribution < 1.29 is 14.4 Å². The van der Waals surface area contributed by atoms with Crippen molar-refractivity contribution in [2.75, 3.05) is 21.3 Å². The van der Waals surface area contributed by atoms with E-state index in [4.69, 9.17) is 0 Å². The van der Waals surface area contributed by atoms with Gasteiger partial charge in [0.15, 0.2) is 5.13 Å². The number of anilines is 4. The molecule has 3 aromatic rings. The van der Waals surface area contributed by atoms with Gasteiger partial charge in [-0.25, -0.2) is 9.78 Å². The molecule has 2 aromatic carbocycles. The number of urea groups is 1. The average molecular weight is 423 g/mol. The van der Waals surface area contributed by atoms with Crippen LogP contribution in [0.2, 0.25) is 0 Å². The lowest BCUT2D eigenvalue weighted by Crippen LogP contribution is -2.19. The molecule has 0 bridgehead atoms. The molecule has 0 aliphatic heterocycles. The van der Waals surface area contributed by atoms with Crippen molar-refractivity contribution in [3.8, 4) is 0 Å². The fourth-order valence-electron chi connectivity index (χ4n) is 2.57. The first-order chi connectivity index (χ1) is 14.5. The molecule has 4 N–H and O–H groups in total. The third-order valence-corrected chi connectivity index (χ3v) is 4.71. The molecular weight excluding hydrogens is 402 g/mol. The zero-order chi connectivity index (χ0) is 21.3. The smallest absolute Gasteiger partial charge is 0.325 e. The quantitative estimate of drug-likeness (QED) is 0.453. The van der Waals surface area contributed by atoms with Gasteiger partial charge in [0, 0.05) is 35.8 Å². The molecule has 0 aliphatic rings. The van der Waals surface area contributed by atoms with Crippen LogP contribution >= 0.6 is 11.3 Å². The SMILES string of the molecule is CC(=O)Nc1ccc(NC(=O)CCc2csc(NC(=O)Nc3ccccc3)n2)cc1. The summed E-state index contributed by atoms with van der Waals surface area (Å²) in [5, 5.41) is 13.2. The van der Waals surface area contributed by atoms with Crippen LogP contribution in [0.1, 0.15) is 19.0 Å². The predicted molar refractivity (Wildman–Crippen MR) is 119 cm³/mol. The van der Waals surface area contributed by atoms with Crippen molar-refractivity contribution in [3.63, 3.8) is 0 Å². The lowest BCUT2D eigenvalue weighted by molar-refractivity contribution is -0.116. The summed E-state index contributed by atoms with van der Waals surface area (Å²) < 4.78 is 0. The van der Waals surface area contributed by atoms with Gasteiger partial charge in [-0.05, 0) is 42.8 Å². The summed E-state index contributed by atoms with van der Waals surface area (Å²) in [4.78, 5) is 39.5. The molecule has 1 aromatic heterocycles. The highest BCUT2D eigenvalue weighted by molar-refractivity contribution is 7.13. The number of hydrogen-bond donors (Lipinski definition) is 4. The van der Waals surface area contributed by atoms with Crippen molar-refractivity contribution in [1.82, 2.24) is 4.98 Å². The predicted octanol–water partition coefficient (Wildman–Crippen LogP) is 4.32. The Morgan fingerprint density at radius 2 is 1.47 bits per heavy atom. The second-order valence-corrected chi connectivity index (χ2v) is 7.25. The summed E-state index contributed by atoms with van der Waals surface area (Å²) in [7, 11) is 0. The Bertz CT molecular complexity index is 1020. The summed E-state index contributed by atoms with van der Waals surface area (Å²) in [5.41, 5.74) is 2.73. The van der Waals surface area contributed by atoms with Crippen LogP contribution in [0.4, 0.5) is 27.0 Å². The molecule has 0 saturated carbocycles. The molecule has 154 valence electrons. The van der Waals surface area contributed by atoms with E-state index >= 15 is 0 Å². The van der Waals surface area contributed by atoms with Crippen molar-refractivity contribution in [3.05, 3.63) is 65.7 Å². The van der Waals surface area contributed by atoms with E-state index < -0.39 is 0 Å². The van der Waals surface area contributed by atoms with Gasteiger partial charge in [-0.2, -0.15) is 0 Å². The van der Waals surface area contributed by atoms with Crippen molar-refractivity contribution >= 4 is 51.4 Å². The van der Waals surface area contributed by atoms with Gasteiger partial charge < -0.3 is 16.0 Å². The van der Waals surface area contributed by atoms with E-state index in [0.717, 1.165) is 5.69 Å². The Labute approximate surface area is 177 Å². The van der Waals surface area contributed by atoms with Crippen LogP contribution in [0.25, 0.3) is 0 Å². The summed E-state index contributed by atoms with van der Waals surface area (Å²) in [6, 6.07) is 15.6. The molecule has 0 aliphatic carbocycles. The van der Waals surface area contributed by atoms with Crippen molar-refractivity contribution in [1.29, 1.82) is 0 Å². The number of thiazole rings is 1. The average Bonchev–Trinajstić information content (AvgIpc) is 3.15. The Morgan fingerprint density at radius 3 is 2.13 bits per heavy atom. The van der Waals surface area contributed by atoms with Gasteiger partial charge in [-0.15, -0.1) is 11.3 Å². The minimum Gasteiger partial charge on any atom is -0.326 e. The standard InChI is InChI=1S/C21H21N5O3S/c1-14(27)22-16-7-9-17(10-8-16)23-19(28)12-11-18-13-30-21(25-18)26-20(29)24-15-5-3-2-4-6-15/h2-10,13H,11-12H2,1H3,(H,22,27)(H,23,28)(H2,24,25,26,29). The number of nitrogens with one attached hydrogen (secondary N) is 4. The van der Waals surface area contributed by atoms with E-state index in [1.54, 1.807) is 36.4 Å². The molecule has 0 saturated heterocycles. The second kappa shape index (κ2) is 10.2. The molecule has 4 amide bonds. The molecule has 0 radical (unpaired) electrons. The first-order valence-corrected chi connectivity index (χ1v) is 10.1. The Balaban J connectivity index is 1.43. The van der Waals surface area contributed by atoms with Crippen LogP contribution in [0.5, 0.6) is 0 Å². The van der Waals surface area contributed by atoms with Crippen LogP contribution < -0.4 is 21.3 Å². The molecule has 8 nitrogen and oxygen atoms in total. The van der Waals surface area contributed by atoms with Crippen molar-refractivity contribution in [2.45, 2.75) is 19.8 Å². The minimum atomic E-state index is -0.373. The summed E-state index contributed by atoms with van der Waals surface area (Å²) >= 11 is 1.30. The van der Waals surface area contributed by atoms with Gasteiger partial charge >= 0.3 is 6.03 Å². The Hall–Kier alpha value is -3.72. The minimum absolute atomic E-state index is 0.147. The van der Waals surface area contributed by atoms with Crippen LogP contribution in [-0.2, 0) is 16.0 Å². The molecule has 0 atom stereocenters. The number of rotatable bonds is 7. The van der Waals surface area contributed by atoms with E-state index in [1.807, 2.05) is 23.6 Å². The van der Waals surface area contributed by atoms with Gasteiger partial charge in [0.25, 0.3) is 0 Å². The number of benzene rings is 2. The number of hydrogen-bond acceptors (Lipinski definition) is 5. The summed E-state index contributed by atoms with van der Waals surface area (Å²) in [5.74, 6) is -0.298. The van der Waals surface area contributed by atoms with E-state index in [-0.39, 0.29) is 24.3 Å². The first kappa shape index (κ1) is 21.0. The Morgan fingerprint density at radius 1 is 0.833 bits per heavy atom. The van der Waals surface area contributed by atoms with Crippen LogP contribution in [0, 0.1) is 0 Å². The third kappa shape index (κ3) is 6.71. The van der Waals surface area contributed by atoms with Crippen LogP contribution in [0.3, 0.4) is 0 Å². The largest absolute Gasteiger partial charge is 0.326 e. The van der Waals surface area contributed by atoms with Gasteiger partial charge in [-0.3, -0.25) is 14.9 Å². The molecule has 1 heterocycles. The summed E-state index contributed by atoms with van der Waals surface area (Å²) in [6.07, 6.45) is 0.709. The lowest BCUT2D eigenvalue weighted by atomic mass is 10.2. The number of nitrogens with zero attached hydrogens (tertiary/aromatic N) is 1. The maximum absolute atomic E-state index is 12.2. The van der Waals surface area contributed by atoms with Gasteiger partial charge in [0.1, 0.15) is 0 Å². The van der Waals surface area contributed by atoms with Gasteiger partial charge in [0.2, 0.25) is 11.8 Å². The van der Waals surface area contributed by atoms with Crippen LogP contribution in [-0.4, -0.2) is 22.8 Å². The third-order valence-electron chi connectivity index (χ3n) is 3.90. The maximum Gasteiger partial charge on any atom is 0.325 e. The van der Waals surface area contributed by atoms with Gasteiger partial charge in [0.05, 0.1) is 5.69 Å². The molecular formula is C21H21N5O3S. The number of para-hydroxylation sites is 1. The highest BCUT2D eigenvalue weighted by Gasteiger charge is 2.09. The second-order valence-electron chi connectivity index (χ2n) is 6.40. The number of amides is 4. The fraction of sp³-hybridized carbons (Fsp3) is 0.143. The van der Waals surface area contributed by atoms with E-state index in [9.17, 15) is 14.4 Å². The van der Waals surface area contributed by atoms with Crippen molar-refractivity contribution in [2.24, 2.45) is 0 Å². The van der Waals surface area contributed by atoms with E-state index in [2.05, 4.69) is 26.3 Å². The van der Waals surface area contributed by atoms with E-state index in [0.29, 0.717) is 28.6 Å². The monoisotopic (exact) mass is 423 g/mol. The maximum atomic E-state index is 12.2. The molecule has 0 unspecified atom stereocenters.